The minimum Gasteiger partial charge on any atom is -0.493 e. The number of ether oxygens (including phenoxy) is 4. The predicted octanol–water partition coefficient (Wildman–Crippen LogP) is 4.93. The highest BCUT2D eigenvalue weighted by atomic mass is 127. The zero-order valence-electron chi connectivity index (χ0n) is 19.2. The van der Waals surface area contributed by atoms with E-state index in [0.717, 1.165) is 10.5 Å². The van der Waals surface area contributed by atoms with Crippen LogP contribution in [0, 0.1) is 3.57 Å². The molecule has 0 saturated carbocycles. The maximum Gasteiger partial charge on any atom is 0.335 e. The molecule has 0 aliphatic carbocycles. The Bertz CT molecular complexity index is 1460. The molecule has 188 valence electrons. The molecule has 3 aromatic rings. The summed E-state index contributed by atoms with van der Waals surface area (Å²) in [5.41, 5.74) is 1.46. The highest BCUT2D eigenvalue weighted by Crippen LogP contribution is 2.37. The first-order valence-electron chi connectivity index (χ1n) is 10.9. The summed E-state index contributed by atoms with van der Waals surface area (Å²) < 4.78 is 22.8. The average molecular weight is 633 g/mol. The number of urea groups is 1. The molecule has 11 heteroatoms. The molecule has 0 radical (unpaired) electrons. The molecule has 1 fully saturated rings. The Morgan fingerprint density at radius 2 is 1.81 bits per heavy atom. The molecular formula is C26H18ClIN2O7. The number of halogens is 2. The topological polar surface area (TPSA) is 103 Å². The molecule has 0 bridgehead atoms. The van der Waals surface area contributed by atoms with Gasteiger partial charge in [0.15, 0.2) is 23.0 Å². The third-order valence-corrected chi connectivity index (χ3v) is 6.63. The number of carbonyl (C=O) groups is 3. The standard InChI is InChI=1S/C26H18ClIN2O7/c1-34-22-10-15(9-19(28)23(22)35-12-14-2-4-16(27)5-3-14)8-18-24(31)29-26(33)30(25(18)32)17-6-7-20-21(11-17)37-13-36-20/h2-11H,12-13H2,1H3,(H,29,31,33)/b18-8-. The zero-order valence-corrected chi connectivity index (χ0v) is 22.2. The van der Waals surface area contributed by atoms with Crippen LogP contribution < -0.4 is 29.2 Å². The molecule has 1 N–H and O–H groups in total. The summed E-state index contributed by atoms with van der Waals surface area (Å²) in [5.74, 6) is 0.250. The van der Waals surface area contributed by atoms with Crippen molar-refractivity contribution in [2.24, 2.45) is 0 Å². The van der Waals surface area contributed by atoms with Crippen molar-refractivity contribution in [3.8, 4) is 23.0 Å². The zero-order chi connectivity index (χ0) is 26.1. The van der Waals surface area contributed by atoms with E-state index in [1.54, 1.807) is 30.3 Å². The van der Waals surface area contributed by atoms with Crippen LogP contribution >= 0.6 is 34.2 Å². The van der Waals surface area contributed by atoms with Crippen LogP contribution in [-0.2, 0) is 16.2 Å². The molecule has 9 nitrogen and oxygen atoms in total. The Morgan fingerprint density at radius 3 is 2.57 bits per heavy atom. The monoisotopic (exact) mass is 632 g/mol. The molecule has 4 amide bonds. The van der Waals surface area contributed by atoms with Gasteiger partial charge in [-0.05, 0) is 76.2 Å². The molecule has 5 rings (SSSR count). The predicted molar refractivity (Wildman–Crippen MR) is 143 cm³/mol. The fourth-order valence-electron chi connectivity index (χ4n) is 3.78. The molecule has 0 atom stereocenters. The minimum atomic E-state index is -0.857. The number of anilines is 1. The van der Waals surface area contributed by atoms with Crippen molar-refractivity contribution in [2.75, 3.05) is 18.8 Å². The molecule has 1 saturated heterocycles. The van der Waals surface area contributed by atoms with Gasteiger partial charge >= 0.3 is 6.03 Å². The van der Waals surface area contributed by atoms with E-state index >= 15 is 0 Å². The van der Waals surface area contributed by atoms with Gasteiger partial charge in [-0.25, -0.2) is 9.69 Å². The van der Waals surface area contributed by atoms with Crippen LogP contribution in [0.1, 0.15) is 11.1 Å². The number of methoxy groups -OCH3 is 1. The van der Waals surface area contributed by atoms with E-state index in [1.165, 1.54) is 25.3 Å². The quantitative estimate of drug-likeness (QED) is 0.234. The van der Waals surface area contributed by atoms with Crippen LogP contribution in [0.4, 0.5) is 10.5 Å². The van der Waals surface area contributed by atoms with Gasteiger partial charge in [-0.1, -0.05) is 23.7 Å². The third-order valence-electron chi connectivity index (χ3n) is 5.58. The lowest BCUT2D eigenvalue weighted by Gasteiger charge is -2.26. The van der Waals surface area contributed by atoms with Gasteiger partial charge in [-0.2, -0.15) is 0 Å². The number of nitrogens with zero attached hydrogens (tertiary/aromatic N) is 1. The van der Waals surface area contributed by atoms with Crippen molar-refractivity contribution in [1.82, 2.24) is 5.32 Å². The summed E-state index contributed by atoms with van der Waals surface area (Å²) in [5, 5.41) is 2.85. The SMILES string of the molecule is COc1cc(/C=C2/C(=O)NC(=O)N(c3ccc4c(c3)OCO4)C2=O)cc(I)c1OCc1ccc(Cl)cc1. The van der Waals surface area contributed by atoms with E-state index in [0.29, 0.717) is 37.2 Å². The molecule has 37 heavy (non-hydrogen) atoms. The first-order chi connectivity index (χ1) is 17.8. The number of benzene rings is 3. The maximum absolute atomic E-state index is 13.3. The number of rotatable bonds is 6. The summed E-state index contributed by atoms with van der Waals surface area (Å²) in [6.45, 7) is 0.333. The highest BCUT2D eigenvalue weighted by molar-refractivity contribution is 14.1. The van der Waals surface area contributed by atoms with Crippen LogP contribution in [-0.4, -0.2) is 31.7 Å². The molecule has 0 unspecified atom stereocenters. The lowest BCUT2D eigenvalue weighted by Crippen LogP contribution is -2.54. The summed E-state index contributed by atoms with van der Waals surface area (Å²) in [7, 11) is 1.50. The first-order valence-corrected chi connectivity index (χ1v) is 12.4. The van der Waals surface area contributed by atoms with E-state index in [1.807, 2.05) is 12.1 Å². The van der Waals surface area contributed by atoms with Crippen molar-refractivity contribution in [3.05, 3.63) is 79.9 Å². The normalized spacial score (nSPS) is 15.7. The summed E-state index contributed by atoms with van der Waals surface area (Å²) >= 11 is 8.03. The Hall–Kier alpha value is -3.77. The fourth-order valence-corrected chi connectivity index (χ4v) is 4.69. The first kappa shape index (κ1) is 24.9. The number of fused-ring (bicyclic) bond motifs is 1. The number of amides is 4. The van der Waals surface area contributed by atoms with E-state index in [4.69, 9.17) is 30.5 Å². The fraction of sp³-hybridized carbons (Fsp3) is 0.115. The second-order valence-corrected chi connectivity index (χ2v) is 9.54. The Kier molecular flexibility index (Phi) is 6.94. The molecule has 0 spiro atoms. The summed E-state index contributed by atoms with van der Waals surface area (Å²) in [4.78, 5) is 39.3. The number of imide groups is 2. The van der Waals surface area contributed by atoms with Gasteiger partial charge in [0, 0.05) is 11.1 Å². The average Bonchev–Trinajstić information content (AvgIpc) is 3.34. The smallest absolute Gasteiger partial charge is 0.335 e. The Labute approximate surface area is 230 Å². The molecule has 2 heterocycles. The van der Waals surface area contributed by atoms with Crippen molar-refractivity contribution < 1.29 is 33.3 Å². The summed E-state index contributed by atoms with van der Waals surface area (Å²) in [6, 6.07) is 14.5. The number of hydrogen-bond donors (Lipinski definition) is 1. The number of carbonyl (C=O) groups excluding carboxylic acids is 3. The number of hydrogen-bond acceptors (Lipinski definition) is 7. The highest BCUT2D eigenvalue weighted by Gasteiger charge is 2.37. The van der Waals surface area contributed by atoms with E-state index in [9.17, 15) is 14.4 Å². The number of barbiturate groups is 1. The van der Waals surface area contributed by atoms with E-state index in [-0.39, 0.29) is 24.7 Å². The summed E-state index contributed by atoms with van der Waals surface area (Å²) in [6.07, 6.45) is 1.40. The number of nitrogens with one attached hydrogen (secondary N) is 1. The van der Waals surface area contributed by atoms with Gasteiger partial charge in [0.1, 0.15) is 12.2 Å². The van der Waals surface area contributed by atoms with Gasteiger partial charge in [-0.3, -0.25) is 14.9 Å². The molecule has 2 aliphatic heterocycles. The Balaban J connectivity index is 1.43. The lowest BCUT2D eigenvalue weighted by atomic mass is 10.1. The maximum atomic E-state index is 13.3. The minimum absolute atomic E-state index is 0.0441. The van der Waals surface area contributed by atoms with Gasteiger partial charge in [0.2, 0.25) is 6.79 Å². The second-order valence-electron chi connectivity index (χ2n) is 7.94. The van der Waals surface area contributed by atoms with Crippen LogP contribution in [0.2, 0.25) is 5.02 Å². The van der Waals surface area contributed by atoms with Crippen molar-refractivity contribution in [1.29, 1.82) is 0 Å². The van der Waals surface area contributed by atoms with Crippen LogP contribution in [0.5, 0.6) is 23.0 Å². The van der Waals surface area contributed by atoms with Gasteiger partial charge in [0.25, 0.3) is 11.8 Å². The molecule has 0 aromatic heterocycles. The molecule has 2 aliphatic rings. The lowest BCUT2D eigenvalue weighted by molar-refractivity contribution is -0.122. The second kappa shape index (κ2) is 10.3. The third kappa shape index (κ3) is 5.07. The van der Waals surface area contributed by atoms with Crippen LogP contribution in [0.3, 0.4) is 0 Å². The molecular weight excluding hydrogens is 615 g/mol. The van der Waals surface area contributed by atoms with Crippen molar-refractivity contribution in [3.63, 3.8) is 0 Å². The van der Waals surface area contributed by atoms with Crippen LogP contribution in [0.15, 0.2) is 60.2 Å². The van der Waals surface area contributed by atoms with Crippen molar-refractivity contribution in [2.45, 2.75) is 6.61 Å². The van der Waals surface area contributed by atoms with Gasteiger partial charge in [0.05, 0.1) is 16.4 Å². The van der Waals surface area contributed by atoms with E-state index < -0.39 is 17.8 Å². The van der Waals surface area contributed by atoms with Crippen molar-refractivity contribution >= 4 is 63.8 Å². The largest absolute Gasteiger partial charge is 0.493 e. The van der Waals surface area contributed by atoms with Gasteiger partial charge < -0.3 is 18.9 Å². The van der Waals surface area contributed by atoms with Crippen LogP contribution in [0.25, 0.3) is 6.08 Å². The van der Waals surface area contributed by atoms with E-state index in [2.05, 4.69) is 27.9 Å². The Morgan fingerprint density at radius 1 is 1.05 bits per heavy atom. The molecule has 3 aromatic carbocycles. The van der Waals surface area contributed by atoms with Gasteiger partial charge in [-0.15, -0.1) is 0 Å².